The Morgan fingerprint density at radius 1 is 1.53 bits per heavy atom. The molecule has 0 unspecified atom stereocenters. The minimum absolute atomic E-state index is 0.301. The van der Waals surface area contributed by atoms with Crippen LogP contribution in [0.3, 0.4) is 0 Å². The summed E-state index contributed by atoms with van der Waals surface area (Å²) >= 11 is 1.09. The third kappa shape index (κ3) is 1.88. The van der Waals surface area contributed by atoms with Gasteiger partial charge in [-0.2, -0.15) is 0 Å². The zero-order chi connectivity index (χ0) is 10.8. The molecule has 0 aliphatic carbocycles. The summed E-state index contributed by atoms with van der Waals surface area (Å²) in [5, 5.41) is 3.05. The van der Waals surface area contributed by atoms with Gasteiger partial charge in [-0.3, -0.25) is 0 Å². The molecule has 1 heterocycles. The zero-order valence-electron chi connectivity index (χ0n) is 8.49. The maximum absolute atomic E-state index is 11.1. The van der Waals surface area contributed by atoms with Gasteiger partial charge in [0.2, 0.25) is 0 Å². The van der Waals surface area contributed by atoms with Crippen LogP contribution in [0.1, 0.15) is 5.56 Å². The summed E-state index contributed by atoms with van der Waals surface area (Å²) in [6.07, 6.45) is 0. The number of hydrogen-bond acceptors (Lipinski definition) is 5. The molecule has 0 saturated carbocycles. The fraction of sp³-hybridized carbons (Fsp3) is 0.300. The lowest BCUT2D eigenvalue weighted by atomic mass is 10.2. The summed E-state index contributed by atoms with van der Waals surface area (Å²) in [5.74, 6) is 0.608. The number of ether oxygens (including phenoxy) is 1. The van der Waals surface area contributed by atoms with Gasteiger partial charge < -0.3 is 14.5 Å². The lowest BCUT2D eigenvalue weighted by Gasteiger charge is -2.04. The standard InChI is InChI=1S/C10H11NO3S/c1-11-5-6-3-7(13-2)9-8(4-6)15-10(12)14-9/h3-4,11H,5H2,1-2H3. The Hall–Kier alpha value is -1.33. The summed E-state index contributed by atoms with van der Waals surface area (Å²) in [7, 11) is 3.43. The van der Waals surface area contributed by atoms with Gasteiger partial charge in [0.1, 0.15) is 0 Å². The number of nitrogens with one attached hydrogen (secondary N) is 1. The van der Waals surface area contributed by atoms with E-state index in [0.29, 0.717) is 11.3 Å². The summed E-state index contributed by atoms with van der Waals surface area (Å²) in [5.41, 5.74) is 1.60. The number of benzene rings is 1. The van der Waals surface area contributed by atoms with Gasteiger partial charge in [-0.05, 0) is 24.7 Å². The van der Waals surface area contributed by atoms with E-state index in [9.17, 15) is 4.79 Å². The Morgan fingerprint density at radius 2 is 2.33 bits per heavy atom. The Labute approximate surface area is 90.5 Å². The van der Waals surface area contributed by atoms with E-state index < -0.39 is 0 Å². The minimum Gasteiger partial charge on any atom is -0.493 e. The van der Waals surface area contributed by atoms with E-state index in [2.05, 4.69) is 5.32 Å². The SMILES string of the molecule is CNCc1cc(OC)c2oc(=O)sc2c1. The summed E-state index contributed by atoms with van der Waals surface area (Å²) in [4.78, 5) is 10.8. The van der Waals surface area contributed by atoms with Crippen LogP contribution >= 0.6 is 11.3 Å². The molecule has 0 saturated heterocycles. The first-order valence-electron chi connectivity index (χ1n) is 4.49. The molecule has 1 N–H and O–H groups in total. The Balaban J connectivity index is 2.65. The van der Waals surface area contributed by atoms with Crippen LogP contribution in [0.15, 0.2) is 21.3 Å². The van der Waals surface area contributed by atoms with Gasteiger partial charge in [-0.25, -0.2) is 4.79 Å². The van der Waals surface area contributed by atoms with Crippen molar-refractivity contribution in [3.8, 4) is 5.75 Å². The highest BCUT2D eigenvalue weighted by molar-refractivity contribution is 7.16. The summed E-state index contributed by atoms with van der Waals surface area (Å²) in [6, 6.07) is 3.80. The van der Waals surface area contributed by atoms with E-state index >= 15 is 0 Å². The first kappa shape index (κ1) is 10.2. The molecule has 80 valence electrons. The molecule has 5 heteroatoms. The molecule has 1 aromatic heterocycles. The first-order valence-corrected chi connectivity index (χ1v) is 5.31. The quantitative estimate of drug-likeness (QED) is 0.861. The van der Waals surface area contributed by atoms with Crippen molar-refractivity contribution in [1.29, 1.82) is 0 Å². The predicted molar refractivity (Wildman–Crippen MR) is 59.7 cm³/mol. The molecule has 2 rings (SSSR count). The molecule has 15 heavy (non-hydrogen) atoms. The van der Waals surface area contributed by atoms with Gasteiger partial charge in [-0.1, -0.05) is 11.3 Å². The van der Waals surface area contributed by atoms with Gasteiger partial charge in [0.15, 0.2) is 11.3 Å². The highest BCUT2D eigenvalue weighted by Gasteiger charge is 2.10. The van der Waals surface area contributed by atoms with Gasteiger partial charge in [0.25, 0.3) is 0 Å². The largest absolute Gasteiger partial charge is 0.493 e. The molecule has 2 aromatic rings. The molecule has 0 spiro atoms. The number of rotatable bonds is 3. The van der Waals surface area contributed by atoms with E-state index in [1.54, 1.807) is 7.11 Å². The van der Waals surface area contributed by atoms with Crippen LogP contribution in [0.5, 0.6) is 5.75 Å². The van der Waals surface area contributed by atoms with Crippen molar-refractivity contribution >= 4 is 21.6 Å². The van der Waals surface area contributed by atoms with Gasteiger partial charge in [-0.15, -0.1) is 0 Å². The molecule has 0 radical (unpaired) electrons. The van der Waals surface area contributed by atoms with Crippen molar-refractivity contribution in [1.82, 2.24) is 5.32 Å². The molecule has 0 amide bonds. The smallest absolute Gasteiger partial charge is 0.396 e. The molecule has 0 fully saturated rings. The minimum atomic E-state index is -0.301. The van der Waals surface area contributed by atoms with Gasteiger partial charge in [0, 0.05) is 6.54 Å². The van der Waals surface area contributed by atoms with Crippen LogP contribution in [0, 0.1) is 0 Å². The second-order valence-electron chi connectivity index (χ2n) is 3.11. The second-order valence-corrected chi connectivity index (χ2v) is 4.09. The second kappa shape index (κ2) is 4.04. The molecule has 4 nitrogen and oxygen atoms in total. The van der Waals surface area contributed by atoms with E-state index in [4.69, 9.17) is 9.15 Å². The van der Waals surface area contributed by atoms with Crippen LogP contribution in [0.2, 0.25) is 0 Å². The average molecular weight is 225 g/mol. The molecule has 0 atom stereocenters. The summed E-state index contributed by atoms with van der Waals surface area (Å²) in [6.45, 7) is 0.735. The fourth-order valence-electron chi connectivity index (χ4n) is 1.46. The van der Waals surface area contributed by atoms with E-state index in [0.717, 1.165) is 28.1 Å². The van der Waals surface area contributed by atoms with Crippen LogP contribution in [0.4, 0.5) is 0 Å². The topological polar surface area (TPSA) is 51.5 Å². The van der Waals surface area contributed by atoms with Crippen LogP contribution in [-0.4, -0.2) is 14.2 Å². The van der Waals surface area contributed by atoms with Crippen LogP contribution in [-0.2, 0) is 6.54 Å². The van der Waals surface area contributed by atoms with E-state index in [1.165, 1.54) is 0 Å². The average Bonchev–Trinajstić information content (AvgIpc) is 2.57. The predicted octanol–water partition coefficient (Wildman–Crippen LogP) is 1.58. The molecular weight excluding hydrogens is 214 g/mol. The zero-order valence-corrected chi connectivity index (χ0v) is 9.31. The van der Waals surface area contributed by atoms with Gasteiger partial charge >= 0.3 is 4.94 Å². The Morgan fingerprint density at radius 3 is 3.00 bits per heavy atom. The molecule has 0 bridgehead atoms. The third-order valence-corrected chi connectivity index (χ3v) is 2.83. The lowest BCUT2D eigenvalue weighted by molar-refractivity contribution is 0.408. The van der Waals surface area contributed by atoms with Crippen LogP contribution in [0.25, 0.3) is 10.3 Å². The Bertz CT molecular complexity index is 529. The number of fused-ring (bicyclic) bond motifs is 1. The highest BCUT2D eigenvalue weighted by Crippen LogP contribution is 2.28. The van der Waals surface area contributed by atoms with Crippen LogP contribution < -0.4 is 15.0 Å². The van der Waals surface area contributed by atoms with Crippen molar-refractivity contribution in [3.05, 3.63) is 27.4 Å². The molecule has 1 aromatic carbocycles. The third-order valence-electron chi connectivity index (χ3n) is 2.06. The van der Waals surface area contributed by atoms with Gasteiger partial charge in [0.05, 0.1) is 11.8 Å². The Kier molecular flexibility index (Phi) is 2.75. The van der Waals surface area contributed by atoms with Crippen molar-refractivity contribution in [2.45, 2.75) is 6.54 Å². The van der Waals surface area contributed by atoms with Crippen molar-refractivity contribution in [3.63, 3.8) is 0 Å². The monoisotopic (exact) mass is 225 g/mol. The summed E-state index contributed by atoms with van der Waals surface area (Å²) < 4.78 is 11.0. The first-order chi connectivity index (χ1) is 7.24. The normalized spacial score (nSPS) is 10.8. The fourth-order valence-corrected chi connectivity index (χ4v) is 2.21. The highest BCUT2D eigenvalue weighted by atomic mass is 32.1. The van der Waals surface area contributed by atoms with E-state index in [-0.39, 0.29) is 4.94 Å². The molecular formula is C10H11NO3S. The number of hydrogen-bond donors (Lipinski definition) is 1. The molecule has 0 aliphatic heterocycles. The van der Waals surface area contributed by atoms with Crippen molar-refractivity contribution in [2.75, 3.05) is 14.2 Å². The maximum Gasteiger partial charge on any atom is 0.396 e. The lowest BCUT2D eigenvalue weighted by Crippen LogP contribution is -2.04. The maximum atomic E-state index is 11.1. The molecule has 0 aliphatic rings. The van der Waals surface area contributed by atoms with E-state index in [1.807, 2.05) is 19.2 Å². The number of methoxy groups -OCH3 is 1. The van der Waals surface area contributed by atoms with Crippen molar-refractivity contribution < 1.29 is 9.15 Å². The van der Waals surface area contributed by atoms with Crippen molar-refractivity contribution in [2.24, 2.45) is 0 Å².